The topological polar surface area (TPSA) is 76.3 Å². The molecule has 106 valence electrons. The van der Waals surface area contributed by atoms with Crippen molar-refractivity contribution in [3.05, 3.63) is 65.5 Å². The number of primary amides is 1. The molecule has 2 aromatic rings. The summed E-state index contributed by atoms with van der Waals surface area (Å²) in [5, 5.41) is 0. The van der Waals surface area contributed by atoms with Gasteiger partial charge in [-0.25, -0.2) is 0 Å². The zero-order valence-electron chi connectivity index (χ0n) is 11.4. The van der Waals surface area contributed by atoms with Crippen LogP contribution in [0.1, 0.15) is 21.6 Å². The van der Waals surface area contributed by atoms with Crippen LogP contribution in [0.4, 0.5) is 0 Å². The summed E-state index contributed by atoms with van der Waals surface area (Å²) in [7, 11) is 0. The quantitative estimate of drug-likeness (QED) is 0.912. The van der Waals surface area contributed by atoms with Crippen LogP contribution in [0.5, 0.6) is 0 Å². The molecule has 2 amide bonds. The smallest absolute Gasteiger partial charge is 0.256 e. The van der Waals surface area contributed by atoms with Gasteiger partial charge in [-0.2, -0.15) is 0 Å². The van der Waals surface area contributed by atoms with Crippen molar-refractivity contribution in [2.45, 2.75) is 19.0 Å². The summed E-state index contributed by atoms with van der Waals surface area (Å²) in [5.74, 6) is -0.683. The molecule has 2 N–H and O–H groups in total. The van der Waals surface area contributed by atoms with Gasteiger partial charge in [0.15, 0.2) is 0 Å². The average molecular weight is 281 g/mol. The number of pyridine rings is 1. The van der Waals surface area contributed by atoms with Crippen LogP contribution in [0, 0.1) is 0 Å². The molecule has 2 heterocycles. The van der Waals surface area contributed by atoms with Crippen LogP contribution in [0.15, 0.2) is 48.7 Å². The lowest BCUT2D eigenvalue weighted by molar-refractivity contribution is -0.122. The lowest BCUT2D eigenvalue weighted by Crippen LogP contribution is -2.46. The Kier molecular flexibility index (Phi) is 3.39. The van der Waals surface area contributed by atoms with Gasteiger partial charge in [0.05, 0.1) is 17.8 Å². The summed E-state index contributed by atoms with van der Waals surface area (Å²) in [6, 6.07) is 12.3. The van der Waals surface area contributed by atoms with Gasteiger partial charge in [-0.05, 0) is 17.7 Å². The number of nitrogens with two attached hydrogens (primary N) is 1. The third-order valence-electron chi connectivity index (χ3n) is 3.68. The fourth-order valence-corrected chi connectivity index (χ4v) is 2.60. The second-order valence-electron chi connectivity index (χ2n) is 5.04. The van der Waals surface area contributed by atoms with Crippen LogP contribution in [-0.2, 0) is 17.8 Å². The number of benzene rings is 1. The van der Waals surface area contributed by atoms with E-state index in [2.05, 4.69) is 4.98 Å². The van der Waals surface area contributed by atoms with Crippen molar-refractivity contribution in [2.24, 2.45) is 5.73 Å². The predicted octanol–water partition coefficient (Wildman–Crippen LogP) is 1.13. The second-order valence-corrected chi connectivity index (χ2v) is 5.04. The van der Waals surface area contributed by atoms with Gasteiger partial charge in [0.2, 0.25) is 5.91 Å². The van der Waals surface area contributed by atoms with E-state index >= 15 is 0 Å². The molecule has 0 fully saturated rings. The van der Waals surface area contributed by atoms with Crippen molar-refractivity contribution in [3.8, 4) is 0 Å². The van der Waals surface area contributed by atoms with Gasteiger partial charge in [-0.15, -0.1) is 0 Å². The Morgan fingerprint density at radius 3 is 2.67 bits per heavy atom. The van der Waals surface area contributed by atoms with Crippen LogP contribution >= 0.6 is 0 Å². The number of aromatic nitrogens is 1. The Morgan fingerprint density at radius 2 is 2.00 bits per heavy atom. The minimum Gasteiger partial charge on any atom is -0.368 e. The first kappa shape index (κ1) is 13.3. The van der Waals surface area contributed by atoms with E-state index in [9.17, 15) is 9.59 Å². The number of nitrogens with zero attached hydrogens (tertiary/aromatic N) is 2. The number of fused-ring (bicyclic) bond motifs is 1. The van der Waals surface area contributed by atoms with Gasteiger partial charge in [0.1, 0.15) is 6.04 Å². The van der Waals surface area contributed by atoms with E-state index in [0.717, 1.165) is 5.56 Å². The number of rotatable bonds is 4. The van der Waals surface area contributed by atoms with Crippen molar-refractivity contribution in [1.82, 2.24) is 9.88 Å². The number of hydrogen-bond acceptors (Lipinski definition) is 3. The summed E-state index contributed by atoms with van der Waals surface area (Å²) in [6.07, 6.45) is 2.06. The number of hydrogen-bond donors (Lipinski definition) is 1. The summed E-state index contributed by atoms with van der Waals surface area (Å²) in [6.45, 7) is 0.329. The summed E-state index contributed by atoms with van der Waals surface area (Å²) >= 11 is 0. The zero-order chi connectivity index (χ0) is 14.8. The van der Waals surface area contributed by atoms with Crippen molar-refractivity contribution in [2.75, 3.05) is 0 Å². The Hall–Kier alpha value is -2.69. The minimum atomic E-state index is -0.658. The van der Waals surface area contributed by atoms with Crippen molar-refractivity contribution < 1.29 is 9.59 Å². The maximum Gasteiger partial charge on any atom is 0.256 e. The predicted molar refractivity (Wildman–Crippen MR) is 77.2 cm³/mol. The van der Waals surface area contributed by atoms with Crippen LogP contribution in [0.25, 0.3) is 0 Å². The van der Waals surface area contributed by atoms with Crippen LogP contribution in [0.3, 0.4) is 0 Å². The second kappa shape index (κ2) is 5.36. The van der Waals surface area contributed by atoms with E-state index in [4.69, 9.17) is 5.73 Å². The molecule has 0 unspecified atom stereocenters. The van der Waals surface area contributed by atoms with E-state index in [1.165, 1.54) is 4.90 Å². The number of carbonyl (C=O) groups excluding carboxylic acids is 2. The third-order valence-corrected chi connectivity index (χ3v) is 3.68. The highest BCUT2D eigenvalue weighted by atomic mass is 16.2. The molecule has 1 aromatic heterocycles. The Bertz CT molecular complexity index is 685. The van der Waals surface area contributed by atoms with E-state index in [1.54, 1.807) is 18.3 Å². The maximum atomic E-state index is 12.4. The van der Waals surface area contributed by atoms with Gasteiger partial charge in [-0.1, -0.05) is 30.3 Å². The van der Waals surface area contributed by atoms with Crippen molar-refractivity contribution in [3.63, 3.8) is 0 Å². The lowest BCUT2D eigenvalue weighted by atomic mass is 10.0. The monoisotopic (exact) mass is 281 g/mol. The molecule has 0 aliphatic carbocycles. The fourth-order valence-electron chi connectivity index (χ4n) is 2.60. The lowest BCUT2D eigenvalue weighted by Gasteiger charge is -2.25. The molecule has 0 saturated carbocycles. The standard InChI is InChI=1S/C16H15N3O2/c17-15(20)14(9-11-5-2-1-3-6-11)19-10-13-12(16(19)21)7-4-8-18-13/h1-8,14H,9-10H2,(H2,17,20)/t14-/m0/s1. The molecule has 1 aromatic carbocycles. The maximum absolute atomic E-state index is 12.4. The highest BCUT2D eigenvalue weighted by molar-refractivity contribution is 6.00. The van der Waals surface area contributed by atoms with Crippen LogP contribution in [-0.4, -0.2) is 27.7 Å². The molecule has 5 heteroatoms. The number of amides is 2. The minimum absolute atomic E-state index is 0.183. The first-order chi connectivity index (χ1) is 10.2. The first-order valence-electron chi connectivity index (χ1n) is 6.75. The Balaban J connectivity index is 1.87. The molecule has 21 heavy (non-hydrogen) atoms. The van der Waals surface area contributed by atoms with E-state index in [1.807, 2.05) is 30.3 Å². The molecular formula is C16H15N3O2. The fraction of sp³-hybridized carbons (Fsp3) is 0.188. The molecular weight excluding hydrogens is 266 g/mol. The summed E-state index contributed by atoms with van der Waals surface area (Å²) < 4.78 is 0. The first-order valence-corrected chi connectivity index (χ1v) is 6.75. The normalized spacial score (nSPS) is 14.9. The summed E-state index contributed by atoms with van der Waals surface area (Å²) in [5.41, 5.74) is 7.73. The molecule has 1 atom stereocenters. The highest BCUT2D eigenvalue weighted by Crippen LogP contribution is 2.24. The van der Waals surface area contributed by atoms with Crippen molar-refractivity contribution >= 4 is 11.8 Å². The van der Waals surface area contributed by atoms with Gasteiger partial charge >= 0.3 is 0 Å². The Labute approximate surface area is 122 Å². The van der Waals surface area contributed by atoms with Crippen molar-refractivity contribution in [1.29, 1.82) is 0 Å². The van der Waals surface area contributed by atoms with Gasteiger partial charge in [-0.3, -0.25) is 14.6 Å². The molecule has 0 radical (unpaired) electrons. The average Bonchev–Trinajstić information content (AvgIpc) is 2.83. The molecule has 0 spiro atoms. The third kappa shape index (κ3) is 2.50. The van der Waals surface area contributed by atoms with Gasteiger partial charge in [0, 0.05) is 12.6 Å². The van der Waals surface area contributed by atoms with Gasteiger partial charge in [0.25, 0.3) is 5.91 Å². The van der Waals surface area contributed by atoms with E-state index in [0.29, 0.717) is 24.2 Å². The molecule has 1 aliphatic rings. The van der Waals surface area contributed by atoms with E-state index in [-0.39, 0.29) is 5.91 Å². The van der Waals surface area contributed by atoms with Crippen LogP contribution < -0.4 is 5.73 Å². The SMILES string of the molecule is NC(=O)[C@H](Cc1ccccc1)N1Cc2ncccc2C1=O. The van der Waals surface area contributed by atoms with E-state index < -0.39 is 11.9 Å². The summed E-state index contributed by atoms with van der Waals surface area (Å²) in [4.78, 5) is 29.9. The molecule has 3 rings (SSSR count). The Morgan fingerprint density at radius 1 is 1.24 bits per heavy atom. The zero-order valence-corrected chi connectivity index (χ0v) is 11.4. The largest absolute Gasteiger partial charge is 0.368 e. The molecule has 5 nitrogen and oxygen atoms in total. The molecule has 0 saturated heterocycles. The van der Waals surface area contributed by atoms with Gasteiger partial charge < -0.3 is 10.6 Å². The molecule has 1 aliphatic heterocycles. The number of carbonyl (C=O) groups is 2. The van der Waals surface area contributed by atoms with Crippen LogP contribution in [0.2, 0.25) is 0 Å². The molecule has 0 bridgehead atoms. The highest BCUT2D eigenvalue weighted by Gasteiger charge is 2.36.